The number of quaternary nitrogens is 1. The largest absolute Gasteiger partial charge is 0.450 e. The van der Waals surface area contributed by atoms with Crippen LogP contribution in [0.4, 0.5) is 4.79 Å². The lowest BCUT2D eigenvalue weighted by atomic mass is 10.2. The van der Waals surface area contributed by atoms with Crippen molar-refractivity contribution in [2.75, 3.05) is 18.1 Å². The smallest absolute Gasteiger partial charge is 0.407 e. The van der Waals surface area contributed by atoms with Gasteiger partial charge in [-0.25, -0.2) is 13.2 Å². The number of nitrogens with one attached hydrogen (secondary N) is 1. The third kappa shape index (κ3) is 2.85. The van der Waals surface area contributed by atoms with Crippen molar-refractivity contribution in [1.82, 2.24) is 5.32 Å². The summed E-state index contributed by atoms with van der Waals surface area (Å²) in [4.78, 5) is 11.0. The van der Waals surface area contributed by atoms with E-state index in [0.717, 1.165) is 0 Å². The van der Waals surface area contributed by atoms with Gasteiger partial charge in [-0.1, -0.05) is 0 Å². The summed E-state index contributed by atoms with van der Waals surface area (Å²) in [5.74, 6) is -0.00987. The third-order valence-electron chi connectivity index (χ3n) is 2.05. The van der Waals surface area contributed by atoms with Crippen LogP contribution in [0.15, 0.2) is 0 Å². The van der Waals surface area contributed by atoms with E-state index in [1.807, 2.05) is 0 Å². The number of carbonyl (C=O) groups is 1. The molecule has 1 amide bonds. The number of alkyl carbamates (subject to hydrolysis) is 1. The molecule has 0 unspecified atom stereocenters. The van der Waals surface area contributed by atoms with E-state index in [1.54, 1.807) is 6.92 Å². The van der Waals surface area contributed by atoms with E-state index >= 15 is 0 Å². The van der Waals surface area contributed by atoms with Crippen LogP contribution >= 0.6 is 0 Å². The van der Waals surface area contributed by atoms with E-state index in [9.17, 15) is 13.2 Å². The Hall–Kier alpha value is -0.820. The number of ether oxygens (including phenoxy) is 1. The zero-order chi connectivity index (χ0) is 10.8. The standard InChI is InChI=1S/C7H14N2O4S/c1-2-13-7(10)9-6-4-14(11,12)3-5(6)8/h5-6H,2-4,8H2,1H3,(H,9,10)/p+1/t5-,6+/m0/s1. The van der Waals surface area contributed by atoms with Crippen LogP contribution in [0.3, 0.4) is 0 Å². The van der Waals surface area contributed by atoms with Crippen molar-refractivity contribution >= 4 is 15.9 Å². The zero-order valence-corrected chi connectivity index (χ0v) is 8.84. The van der Waals surface area contributed by atoms with E-state index in [2.05, 4.69) is 15.8 Å². The van der Waals surface area contributed by atoms with Gasteiger partial charge in [-0.15, -0.1) is 0 Å². The molecule has 1 aliphatic rings. The van der Waals surface area contributed by atoms with Crippen LogP contribution in [0.5, 0.6) is 0 Å². The minimum absolute atomic E-state index is 0.0318. The minimum Gasteiger partial charge on any atom is -0.450 e. The minimum atomic E-state index is -3.04. The highest BCUT2D eigenvalue weighted by Crippen LogP contribution is 2.09. The molecule has 1 rings (SSSR count). The molecule has 0 saturated carbocycles. The first-order chi connectivity index (χ1) is 6.44. The quantitative estimate of drug-likeness (QED) is 0.573. The molecule has 0 aromatic carbocycles. The maximum Gasteiger partial charge on any atom is 0.407 e. The maximum atomic E-state index is 11.2. The van der Waals surface area contributed by atoms with Gasteiger partial charge in [0.25, 0.3) is 0 Å². The fourth-order valence-corrected chi connectivity index (χ4v) is 3.33. The van der Waals surface area contributed by atoms with E-state index in [1.165, 1.54) is 0 Å². The molecule has 1 fully saturated rings. The van der Waals surface area contributed by atoms with Crippen LogP contribution in [0.25, 0.3) is 0 Å². The van der Waals surface area contributed by atoms with Crippen LogP contribution in [0, 0.1) is 0 Å². The van der Waals surface area contributed by atoms with Crippen molar-refractivity contribution in [3.8, 4) is 0 Å². The third-order valence-corrected chi connectivity index (χ3v) is 3.85. The summed E-state index contributed by atoms with van der Waals surface area (Å²) in [6.07, 6.45) is -0.580. The molecular weight excluding hydrogens is 208 g/mol. The highest BCUT2D eigenvalue weighted by atomic mass is 32.2. The van der Waals surface area contributed by atoms with Crippen molar-refractivity contribution < 1.29 is 23.7 Å². The number of rotatable bonds is 2. The first-order valence-electron chi connectivity index (χ1n) is 4.41. The van der Waals surface area contributed by atoms with Crippen LogP contribution in [-0.4, -0.2) is 44.7 Å². The average Bonchev–Trinajstić information content (AvgIpc) is 2.25. The van der Waals surface area contributed by atoms with Crippen LogP contribution in [-0.2, 0) is 14.6 Å². The molecule has 0 aromatic heterocycles. The van der Waals surface area contributed by atoms with Gasteiger partial charge >= 0.3 is 6.09 Å². The monoisotopic (exact) mass is 223 g/mol. The van der Waals surface area contributed by atoms with Gasteiger partial charge in [-0.3, -0.25) is 0 Å². The molecule has 0 bridgehead atoms. The van der Waals surface area contributed by atoms with Crippen LogP contribution < -0.4 is 11.1 Å². The Kier molecular flexibility index (Phi) is 3.33. The van der Waals surface area contributed by atoms with Gasteiger partial charge in [0.2, 0.25) is 0 Å². The van der Waals surface area contributed by atoms with Crippen molar-refractivity contribution in [2.24, 2.45) is 0 Å². The fraction of sp³-hybridized carbons (Fsp3) is 0.857. The summed E-state index contributed by atoms with van der Waals surface area (Å²) in [6.45, 7) is 1.96. The highest BCUT2D eigenvalue weighted by Gasteiger charge is 2.39. The molecule has 1 saturated heterocycles. The fourth-order valence-electron chi connectivity index (χ4n) is 1.40. The average molecular weight is 223 g/mol. The molecule has 0 radical (unpaired) electrons. The molecule has 7 heteroatoms. The van der Waals surface area contributed by atoms with Gasteiger partial charge in [0.05, 0.1) is 18.4 Å². The Morgan fingerprint density at radius 2 is 2.21 bits per heavy atom. The number of hydrogen-bond acceptors (Lipinski definition) is 4. The number of sulfone groups is 1. The van der Waals surface area contributed by atoms with Gasteiger partial charge in [0.15, 0.2) is 9.84 Å². The van der Waals surface area contributed by atoms with E-state index in [-0.39, 0.29) is 24.2 Å². The lowest BCUT2D eigenvalue weighted by Crippen LogP contribution is -2.69. The zero-order valence-electron chi connectivity index (χ0n) is 8.02. The van der Waals surface area contributed by atoms with Crippen molar-refractivity contribution in [1.29, 1.82) is 0 Å². The first kappa shape index (κ1) is 11.3. The molecule has 2 atom stereocenters. The number of carbonyl (C=O) groups excluding carboxylic acids is 1. The predicted octanol–water partition coefficient (Wildman–Crippen LogP) is -1.86. The molecular formula is C7H15N2O4S+. The molecule has 0 spiro atoms. The van der Waals surface area contributed by atoms with Gasteiger partial charge in [-0.2, -0.15) is 0 Å². The summed E-state index contributed by atoms with van der Waals surface area (Å²) in [7, 11) is -3.04. The Morgan fingerprint density at radius 1 is 1.57 bits per heavy atom. The molecule has 0 aromatic rings. The van der Waals surface area contributed by atoms with E-state index < -0.39 is 22.0 Å². The summed E-state index contributed by atoms with van der Waals surface area (Å²) >= 11 is 0. The Bertz CT molecular complexity index is 314. The summed E-state index contributed by atoms with van der Waals surface area (Å²) in [5.41, 5.74) is 3.68. The second kappa shape index (κ2) is 4.14. The van der Waals surface area contributed by atoms with Crippen molar-refractivity contribution in [2.45, 2.75) is 19.0 Å². The lowest BCUT2D eigenvalue weighted by Gasteiger charge is -2.12. The topological polar surface area (TPSA) is 100 Å². The lowest BCUT2D eigenvalue weighted by molar-refractivity contribution is -0.415. The van der Waals surface area contributed by atoms with Crippen molar-refractivity contribution in [3.05, 3.63) is 0 Å². The first-order valence-corrected chi connectivity index (χ1v) is 6.23. The second-order valence-corrected chi connectivity index (χ2v) is 5.46. The molecule has 14 heavy (non-hydrogen) atoms. The molecule has 82 valence electrons. The van der Waals surface area contributed by atoms with Gasteiger partial charge < -0.3 is 15.8 Å². The van der Waals surface area contributed by atoms with Gasteiger partial charge in [0, 0.05) is 0 Å². The summed E-state index contributed by atoms with van der Waals surface area (Å²) < 4.78 is 27.0. The number of hydrogen-bond donors (Lipinski definition) is 2. The van der Waals surface area contributed by atoms with Crippen molar-refractivity contribution in [3.63, 3.8) is 0 Å². The summed E-state index contributed by atoms with van der Waals surface area (Å²) in [5, 5.41) is 2.48. The predicted molar refractivity (Wildman–Crippen MR) is 49.3 cm³/mol. The SMILES string of the molecule is CCOC(=O)N[C@@H]1CS(=O)(=O)C[C@@H]1[NH3+]. The molecule has 4 N–H and O–H groups in total. The molecule has 1 aliphatic heterocycles. The Morgan fingerprint density at radius 3 is 2.64 bits per heavy atom. The molecule has 6 nitrogen and oxygen atoms in total. The van der Waals surface area contributed by atoms with E-state index in [0.29, 0.717) is 0 Å². The van der Waals surface area contributed by atoms with E-state index in [4.69, 9.17) is 0 Å². The Balaban J connectivity index is 2.51. The number of amides is 1. The molecule has 1 heterocycles. The second-order valence-electron chi connectivity index (χ2n) is 3.31. The van der Waals surface area contributed by atoms with Gasteiger partial charge in [0.1, 0.15) is 11.8 Å². The normalized spacial score (nSPS) is 29.9. The van der Waals surface area contributed by atoms with Gasteiger partial charge in [-0.05, 0) is 6.92 Å². The Labute approximate surface area is 82.7 Å². The van der Waals surface area contributed by atoms with Crippen LogP contribution in [0.1, 0.15) is 6.92 Å². The molecule has 0 aliphatic carbocycles. The summed E-state index contributed by atoms with van der Waals surface area (Å²) in [6, 6.07) is -0.705. The highest BCUT2D eigenvalue weighted by molar-refractivity contribution is 7.91. The maximum absolute atomic E-state index is 11.2. The van der Waals surface area contributed by atoms with Crippen LogP contribution in [0.2, 0.25) is 0 Å².